The number of hydrogen-bond donors (Lipinski definition) is 2. The van der Waals surface area contributed by atoms with Crippen molar-refractivity contribution in [2.24, 2.45) is 10.9 Å². The van der Waals surface area contributed by atoms with E-state index in [1.165, 1.54) is 25.9 Å². The lowest BCUT2D eigenvalue weighted by molar-refractivity contribution is 0.143. The zero-order valence-corrected chi connectivity index (χ0v) is 11.1. The van der Waals surface area contributed by atoms with Crippen LogP contribution in [0.4, 0.5) is 0 Å². The van der Waals surface area contributed by atoms with E-state index < -0.39 is 0 Å². The van der Waals surface area contributed by atoms with Crippen molar-refractivity contribution in [3.8, 4) is 0 Å². The number of nitrogens with zero attached hydrogens (tertiary/aromatic N) is 3. The molecule has 0 amide bonds. The first-order chi connectivity index (χ1) is 8.13. The molecule has 3 N–H and O–H groups in total. The molecule has 1 rings (SSSR count). The van der Waals surface area contributed by atoms with Crippen LogP contribution in [-0.4, -0.2) is 60.6 Å². The first kappa shape index (κ1) is 14.3. The van der Waals surface area contributed by atoms with Crippen molar-refractivity contribution in [2.75, 3.05) is 33.7 Å². The monoisotopic (exact) mass is 242 g/mol. The van der Waals surface area contributed by atoms with Crippen LogP contribution in [0.5, 0.6) is 0 Å². The Kier molecular flexibility index (Phi) is 6.29. The van der Waals surface area contributed by atoms with Crippen LogP contribution in [0, 0.1) is 0 Å². The quantitative estimate of drug-likeness (QED) is 0.239. The zero-order valence-electron chi connectivity index (χ0n) is 11.1. The molecule has 5 heteroatoms. The van der Waals surface area contributed by atoms with Crippen LogP contribution in [0.15, 0.2) is 5.16 Å². The fourth-order valence-corrected chi connectivity index (χ4v) is 2.34. The highest BCUT2D eigenvalue weighted by Crippen LogP contribution is 2.14. The highest BCUT2D eigenvalue weighted by molar-refractivity contribution is 5.79. The van der Waals surface area contributed by atoms with E-state index in [0.717, 1.165) is 25.4 Å². The Morgan fingerprint density at radius 1 is 1.41 bits per heavy atom. The van der Waals surface area contributed by atoms with Crippen LogP contribution < -0.4 is 5.73 Å². The third-order valence-electron chi connectivity index (χ3n) is 3.63. The van der Waals surface area contributed by atoms with Gasteiger partial charge in [0.1, 0.15) is 5.84 Å². The molecule has 0 atom stereocenters. The van der Waals surface area contributed by atoms with Gasteiger partial charge in [-0.3, -0.25) is 0 Å². The standard InChI is InChI=1S/C12H26N4O/c1-15-9-6-11(7-10-15)16(2)8-4-3-5-12(13)14-17/h11,17H,3-10H2,1-2H3,(H2,13,14). The predicted molar refractivity (Wildman–Crippen MR) is 70.4 cm³/mol. The summed E-state index contributed by atoms with van der Waals surface area (Å²) >= 11 is 0. The van der Waals surface area contributed by atoms with E-state index in [4.69, 9.17) is 10.9 Å². The van der Waals surface area contributed by atoms with Gasteiger partial charge in [0, 0.05) is 12.5 Å². The topological polar surface area (TPSA) is 65.1 Å². The third kappa shape index (κ3) is 5.37. The molecule has 0 radical (unpaired) electrons. The summed E-state index contributed by atoms with van der Waals surface area (Å²) in [4.78, 5) is 4.85. The van der Waals surface area contributed by atoms with Crippen LogP contribution >= 0.6 is 0 Å². The van der Waals surface area contributed by atoms with Gasteiger partial charge in [0.2, 0.25) is 0 Å². The molecule has 0 bridgehead atoms. The Bertz CT molecular complexity index is 237. The second-order valence-corrected chi connectivity index (χ2v) is 5.06. The summed E-state index contributed by atoms with van der Waals surface area (Å²) in [5.74, 6) is 0.340. The van der Waals surface area contributed by atoms with Crippen molar-refractivity contribution in [1.29, 1.82) is 0 Å². The maximum atomic E-state index is 8.42. The van der Waals surface area contributed by atoms with Gasteiger partial charge in [0.05, 0.1) is 0 Å². The van der Waals surface area contributed by atoms with Crippen LogP contribution in [0.25, 0.3) is 0 Å². The lowest BCUT2D eigenvalue weighted by Crippen LogP contribution is -2.42. The van der Waals surface area contributed by atoms with E-state index >= 15 is 0 Å². The number of rotatable bonds is 6. The van der Waals surface area contributed by atoms with Gasteiger partial charge >= 0.3 is 0 Å². The largest absolute Gasteiger partial charge is 0.409 e. The van der Waals surface area contributed by atoms with Crippen molar-refractivity contribution < 1.29 is 5.21 Å². The summed E-state index contributed by atoms with van der Waals surface area (Å²) in [5, 5.41) is 11.4. The molecule has 100 valence electrons. The normalized spacial score (nSPS) is 20.1. The van der Waals surface area contributed by atoms with Crippen molar-refractivity contribution in [3.63, 3.8) is 0 Å². The summed E-state index contributed by atoms with van der Waals surface area (Å²) in [7, 11) is 4.40. The van der Waals surface area contributed by atoms with E-state index in [0.29, 0.717) is 12.3 Å². The van der Waals surface area contributed by atoms with E-state index in [9.17, 15) is 0 Å². The molecule has 0 spiro atoms. The zero-order chi connectivity index (χ0) is 12.7. The molecule has 17 heavy (non-hydrogen) atoms. The van der Waals surface area contributed by atoms with Crippen molar-refractivity contribution in [2.45, 2.75) is 38.1 Å². The summed E-state index contributed by atoms with van der Waals surface area (Å²) < 4.78 is 0. The number of hydrogen-bond acceptors (Lipinski definition) is 4. The number of unbranched alkanes of at least 4 members (excludes halogenated alkanes) is 1. The van der Waals surface area contributed by atoms with Crippen molar-refractivity contribution >= 4 is 5.84 Å². The smallest absolute Gasteiger partial charge is 0.139 e. The number of amidine groups is 1. The van der Waals surface area contributed by atoms with Crippen molar-refractivity contribution in [1.82, 2.24) is 9.80 Å². The van der Waals surface area contributed by atoms with Gasteiger partial charge in [-0.05, 0) is 59.4 Å². The van der Waals surface area contributed by atoms with Crippen LogP contribution in [-0.2, 0) is 0 Å². The van der Waals surface area contributed by atoms with Gasteiger partial charge in [-0.25, -0.2) is 0 Å². The van der Waals surface area contributed by atoms with Gasteiger partial charge in [-0.2, -0.15) is 0 Å². The van der Waals surface area contributed by atoms with Gasteiger partial charge in [-0.1, -0.05) is 5.16 Å². The van der Waals surface area contributed by atoms with Crippen molar-refractivity contribution in [3.05, 3.63) is 0 Å². The summed E-state index contributed by atoms with van der Waals surface area (Å²) in [5.41, 5.74) is 5.43. The fraction of sp³-hybridized carbons (Fsp3) is 0.917. The first-order valence-electron chi connectivity index (χ1n) is 6.48. The Hall–Kier alpha value is -0.810. The maximum absolute atomic E-state index is 8.42. The number of nitrogens with two attached hydrogens (primary N) is 1. The maximum Gasteiger partial charge on any atom is 0.139 e. The molecule has 0 aliphatic carbocycles. The molecule has 1 heterocycles. The Morgan fingerprint density at radius 3 is 2.65 bits per heavy atom. The van der Waals surface area contributed by atoms with Crippen LogP contribution in [0.1, 0.15) is 32.1 Å². The number of piperidine rings is 1. The van der Waals surface area contributed by atoms with E-state index in [1.807, 2.05) is 0 Å². The van der Waals surface area contributed by atoms with E-state index in [1.54, 1.807) is 0 Å². The van der Waals surface area contributed by atoms with Gasteiger partial charge in [0.25, 0.3) is 0 Å². The highest BCUT2D eigenvalue weighted by atomic mass is 16.4. The van der Waals surface area contributed by atoms with E-state index in [2.05, 4.69) is 29.1 Å². The molecule has 0 unspecified atom stereocenters. The fourth-order valence-electron chi connectivity index (χ4n) is 2.34. The molecule has 1 fully saturated rings. The lowest BCUT2D eigenvalue weighted by atomic mass is 10.0. The molecule has 5 nitrogen and oxygen atoms in total. The average Bonchev–Trinajstić information content (AvgIpc) is 2.34. The minimum Gasteiger partial charge on any atom is -0.409 e. The molecular weight excluding hydrogens is 216 g/mol. The Morgan fingerprint density at radius 2 is 2.06 bits per heavy atom. The molecule has 0 saturated carbocycles. The molecular formula is C12H26N4O. The Balaban J connectivity index is 2.10. The highest BCUT2D eigenvalue weighted by Gasteiger charge is 2.19. The van der Waals surface area contributed by atoms with Gasteiger partial charge in [0.15, 0.2) is 0 Å². The minimum atomic E-state index is 0.340. The third-order valence-corrected chi connectivity index (χ3v) is 3.63. The molecule has 1 saturated heterocycles. The minimum absolute atomic E-state index is 0.340. The Labute approximate surface area is 104 Å². The summed E-state index contributed by atoms with van der Waals surface area (Å²) in [6.45, 7) is 3.52. The van der Waals surface area contributed by atoms with Crippen LogP contribution in [0.3, 0.4) is 0 Å². The molecule has 0 aromatic rings. The summed E-state index contributed by atoms with van der Waals surface area (Å²) in [6, 6.07) is 0.732. The van der Waals surface area contributed by atoms with E-state index in [-0.39, 0.29) is 0 Å². The molecule has 1 aliphatic rings. The second-order valence-electron chi connectivity index (χ2n) is 5.06. The number of oxime groups is 1. The van der Waals surface area contributed by atoms with Gasteiger partial charge < -0.3 is 20.7 Å². The molecule has 0 aromatic heterocycles. The lowest BCUT2D eigenvalue weighted by Gasteiger charge is -2.35. The predicted octanol–water partition coefficient (Wildman–Crippen LogP) is 0.929. The van der Waals surface area contributed by atoms with Crippen LogP contribution in [0.2, 0.25) is 0 Å². The van der Waals surface area contributed by atoms with Gasteiger partial charge in [-0.15, -0.1) is 0 Å². The molecule has 1 aliphatic heterocycles. The SMILES string of the molecule is CN1CCC(N(C)CCCCC(N)=NO)CC1. The average molecular weight is 242 g/mol. The number of likely N-dealkylation sites (tertiary alicyclic amines) is 1. The second kappa shape index (κ2) is 7.50. The molecule has 0 aromatic carbocycles. The summed E-state index contributed by atoms with van der Waals surface area (Å²) in [6.07, 6.45) is 5.34. The first-order valence-corrected chi connectivity index (χ1v) is 6.48.